The lowest BCUT2D eigenvalue weighted by molar-refractivity contribution is -0.0928. The van der Waals surface area contributed by atoms with Crippen LogP contribution >= 0.6 is 0 Å². The van der Waals surface area contributed by atoms with Crippen molar-refractivity contribution in [2.45, 2.75) is 55.8 Å². The second-order valence-electron chi connectivity index (χ2n) is 12.7. The molecule has 3 aliphatic rings. The summed E-state index contributed by atoms with van der Waals surface area (Å²) in [5.41, 5.74) is -2.63. The predicted molar refractivity (Wildman–Crippen MR) is 159 cm³/mol. The molecule has 234 valence electrons. The van der Waals surface area contributed by atoms with Gasteiger partial charge in [0, 0.05) is 43.1 Å². The van der Waals surface area contributed by atoms with Crippen molar-refractivity contribution in [3.05, 3.63) is 53.7 Å². The van der Waals surface area contributed by atoms with Gasteiger partial charge in [-0.05, 0) is 37.8 Å². The molecule has 1 N–H and O–H groups in total. The number of aromatic nitrogens is 3. The molecule has 3 fully saturated rings. The number of rotatable bonds is 5. The number of β-amino-alcohol motifs (C(OH)–C–C–N with tert-alkyl or cyclic N) is 1. The van der Waals surface area contributed by atoms with Crippen molar-refractivity contribution in [2.24, 2.45) is 0 Å². The summed E-state index contributed by atoms with van der Waals surface area (Å²) in [6.07, 6.45) is 6.98. The minimum atomic E-state index is -3.27. The minimum Gasteiger partial charge on any atom is -0.461 e. The van der Waals surface area contributed by atoms with Crippen molar-refractivity contribution in [1.82, 2.24) is 19.9 Å². The van der Waals surface area contributed by atoms with Crippen molar-refractivity contribution in [3.63, 3.8) is 0 Å². The third-order valence-electron chi connectivity index (χ3n) is 9.16. The third kappa shape index (κ3) is 5.12. The molecule has 2 aromatic carbocycles. The van der Waals surface area contributed by atoms with Gasteiger partial charge in [0.25, 0.3) is 5.92 Å². The molecule has 0 radical (unpaired) electrons. The van der Waals surface area contributed by atoms with Crippen molar-refractivity contribution in [2.75, 3.05) is 37.7 Å². The number of hydrogen-bond acceptors (Lipinski definition) is 7. The summed E-state index contributed by atoms with van der Waals surface area (Å²) in [5, 5.41) is 11.6. The maximum absolute atomic E-state index is 16.6. The van der Waals surface area contributed by atoms with Crippen LogP contribution in [0.4, 0.5) is 27.8 Å². The zero-order valence-corrected chi connectivity index (χ0v) is 24.5. The van der Waals surface area contributed by atoms with Gasteiger partial charge < -0.3 is 14.7 Å². The van der Waals surface area contributed by atoms with E-state index in [1.54, 1.807) is 18.2 Å². The second-order valence-corrected chi connectivity index (χ2v) is 12.7. The zero-order chi connectivity index (χ0) is 31.7. The van der Waals surface area contributed by atoms with Gasteiger partial charge in [-0.15, -0.1) is 6.42 Å². The van der Waals surface area contributed by atoms with E-state index in [2.05, 4.69) is 20.9 Å². The van der Waals surface area contributed by atoms with Gasteiger partial charge in [-0.2, -0.15) is 9.97 Å². The van der Waals surface area contributed by atoms with E-state index < -0.39 is 47.8 Å². The first-order chi connectivity index (χ1) is 21.4. The van der Waals surface area contributed by atoms with Crippen molar-refractivity contribution < 1.29 is 31.8 Å². The number of nitrogens with zero attached hydrogens (tertiary/aromatic N) is 5. The predicted octanol–water partition coefficient (Wildman–Crippen LogP) is 5.66. The van der Waals surface area contributed by atoms with Crippen LogP contribution in [0.5, 0.6) is 6.01 Å². The Bertz CT molecular complexity index is 1860. The number of pyridine rings is 1. The van der Waals surface area contributed by atoms with Crippen molar-refractivity contribution in [1.29, 1.82) is 0 Å². The minimum absolute atomic E-state index is 0.0195. The summed E-state index contributed by atoms with van der Waals surface area (Å²) < 4.78 is 81.5. The van der Waals surface area contributed by atoms with Crippen LogP contribution in [0.2, 0.25) is 0 Å². The Balaban J connectivity index is 1.39. The van der Waals surface area contributed by atoms with Gasteiger partial charge in [0.1, 0.15) is 35.6 Å². The van der Waals surface area contributed by atoms with E-state index in [1.807, 2.05) is 4.90 Å². The van der Waals surface area contributed by atoms with Gasteiger partial charge in [-0.1, -0.05) is 30.2 Å². The molecular weight excluding hydrogens is 593 g/mol. The number of alkyl halides is 3. The summed E-state index contributed by atoms with van der Waals surface area (Å²) in [6, 6.07) is 7.41. The molecule has 3 aliphatic heterocycles. The van der Waals surface area contributed by atoms with Crippen LogP contribution in [-0.4, -0.2) is 81.0 Å². The van der Waals surface area contributed by atoms with Gasteiger partial charge in [0.05, 0.1) is 28.6 Å². The van der Waals surface area contributed by atoms with Crippen molar-refractivity contribution in [3.8, 4) is 29.6 Å². The molecule has 0 spiro atoms. The third-order valence-corrected chi connectivity index (χ3v) is 9.16. The van der Waals surface area contributed by atoms with Gasteiger partial charge >= 0.3 is 6.01 Å². The molecule has 45 heavy (non-hydrogen) atoms. The second kappa shape index (κ2) is 10.5. The highest BCUT2D eigenvalue weighted by atomic mass is 19.3. The first kappa shape index (κ1) is 29.6. The molecule has 0 amide bonds. The van der Waals surface area contributed by atoms with E-state index in [0.29, 0.717) is 18.4 Å². The Labute approximate surface area is 256 Å². The average Bonchev–Trinajstić information content (AvgIpc) is 3.50. The number of fused-ring (bicyclic) bond motifs is 3. The Hall–Kier alpha value is -4.08. The first-order valence-electron chi connectivity index (χ1n) is 14.8. The maximum atomic E-state index is 16.6. The Morgan fingerprint density at radius 1 is 1.16 bits per heavy atom. The van der Waals surface area contributed by atoms with E-state index in [0.717, 1.165) is 13.0 Å². The van der Waals surface area contributed by atoms with Gasteiger partial charge in [-0.25, -0.2) is 22.0 Å². The quantitative estimate of drug-likeness (QED) is 0.227. The van der Waals surface area contributed by atoms with Crippen LogP contribution in [0.1, 0.15) is 38.2 Å². The summed E-state index contributed by atoms with van der Waals surface area (Å²) in [7, 11) is 0. The standard InChI is InChI=1S/C33H30F5N5O2/c1-3-21-24(35)9-8-19-6-4-7-22(25(19)21)27-26(36)28-23(13-39-27)29(42-16-31(2,44)15-33(37,38)17-42)41-30(40-28)45-18-32-10-5-11-43(32)14-20(34)12-32/h1,4,6-9,13,20,44H,5,10-12,14-18H2,2H3/t20-,31-,32+/m1/s1. The van der Waals surface area contributed by atoms with Crippen molar-refractivity contribution >= 4 is 27.5 Å². The summed E-state index contributed by atoms with van der Waals surface area (Å²) in [5.74, 6) is -2.58. The van der Waals surface area contributed by atoms with Crippen LogP contribution in [0.15, 0.2) is 36.5 Å². The summed E-state index contributed by atoms with van der Waals surface area (Å²) in [6.45, 7) is 1.34. The Kier molecular flexibility index (Phi) is 6.91. The molecule has 12 heteroatoms. The van der Waals surface area contributed by atoms with E-state index in [4.69, 9.17) is 11.2 Å². The highest BCUT2D eigenvalue weighted by molar-refractivity contribution is 6.02. The van der Waals surface area contributed by atoms with Crippen LogP contribution in [0.25, 0.3) is 32.9 Å². The number of anilines is 1. The lowest BCUT2D eigenvalue weighted by atomic mass is 9.92. The van der Waals surface area contributed by atoms with E-state index in [-0.39, 0.29) is 64.5 Å². The maximum Gasteiger partial charge on any atom is 0.319 e. The van der Waals surface area contributed by atoms with Gasteiger partial charge in [-0.3, -0.25) is 9.88 Å². The molecule has 0 unspecified atom stereocenters. The average molecular weight is 624 g/mol. The lowest BCUT2D eigenvalue weighted by Gasteiger charge is -2.42. The number of halogens is 5. The fraction of sp³-hybridized carbons (Fsp3) is 0.424. The Morgan fingerprint density at radius 2 is 1.98 bits per heavy atom. The molecule has 0 saturated carbocycles. The number of ether oxygens (including phenoxy) is 1. The van der Waals surface area contributed by atoms with Crippen LogP contribution in [-0.2, 0) is 0 Å². The molecule has 4 aromatic rings. The fourth-order valence-electron chi connectivity index (χ4n) is 7.42. The molecule has 3 saturated heterocycles. The molecule has 0 aliphatic carbocycles. The van der Waals surface area contributed by atoms with Crippen LogP contribution in [0.3, 0.4) is 0 Å². The highest BCUT2D eigenvalue weighted by Crippen LogP contribution is 2.42. The zero-order valence-electron chi connectivity index (χ0n) is 24.5. The van der Waals surface area contributed by atoms with Crippen LogP contribution < -0.4 is 9.64 Å². The molecular formula is C33H30F5N5O2. The SMILES string of the molecule is C#Cc1c(F)ccc2cccc(-c3ncc4c(N5CC(F)(F)C[C@@](C)(O)C5)nc(OC[C@@]56CCCN5C[C@H](F)C6)nc4c3F)c12. The van der Waals surface area contributed by atoms with E-state index in [9.17, 15) is 22.7 Å². The molecule has 7 nitrogen and oxygen atoms in total. The van der Waals surface area contributed by atoms with Crippen LogP contribution in [0, 0.1) is 24.0 Å². The normalized spacial score (nSPS) is 26.4. The number of aliphatic hydroxyl groups is 1. The summed E-state index contributed by atoms with van der Waals surface area (Å²) in [4.78, 5) is 16.4. The number of hydrogen-bond donors (Lipinski definition) is 1. The fourth-order valence-corrected chi connectivity index (χ4v) is 7.42. The monoisotopic (exact) mass is 623 g/mol. The topological polar surface area (TPSA) is 74.6 Å². The molecule has 2 aromatic heterocycles. The molecule has 7 rings (SSSR count). The summed E-state index contributed by atoms with van der Waals surface area (Å²) >= 11 is 0. The molecule has 0 bridgehead atoms. The number of piperidine rings is 1. The largest absolute Gasteiger partial charge is 0.461 e. The van der Waals surface area contributed by atoms with E-state index in [1.165, 1.54) is 30.2 Å². The molecule has 5 heterocycles. The van der Waals surface area contributed by atoms with E-state index >= 15 is 4.39 Å². The van der Waals surface area contributed by atoms with Gasteiger partial charge in [0.2, 0.25) is 0 Å². The number of benzene rings is 2. The smallest absolute Gasteiger partial charge is 0.319 e. The Morgan fingerprint density at radius 3 is 2.76 bits per heavy atom. The number of terminal acetylenes is 1. The lowest BCUT2D eigenvalue weighted by Crippen LogP contribution is -2.55. The first-order valence-corrected chi connectivity index (χ1v) is 14.8. The van der Waals surface area contributed by atoms with Gasteiger partial charge in [0.15, 0.2) is 5.82 Å². The highest BCUT2D eigenvalue weighted by Gasteiger charge is 2.50. The molecule has 3 atom stereocenters.